The summed E-state index contributed by atoms with van der Waals surface area (Å²) in [5, 5.41) is 7.19. The lowest BCUT2D eigenvalue weighted by Gasteiger charge is -2.17. The number of aryl methyl sites for hydroxylation is 1. The Morgan fingerprint density at radius 2 is 1.80 bits per heavy atom. The van der Waals surface area contributed by atoms with Gasteiger partial charge in [-0.05, 0) is 49.2 Å². The van der Waals surface area contributed by atoms with E-state index in [1.165, 1.54) is 6.26 Å². The summed E-state index contributed by atoms with van der Waals surface area (Å²) in [6.45, 7) is 3.95. The molecule has 0 aliphatic rings. The minimum Gasteiger partial charge on any atom is -0.464 e. The molecule has 0 amide bonds. The van der Waals surface area contributed by atoms with E-state index in [-0.39, 0.29) is 6.04 Å². The van der Waals surface area contributed by atoms with Gasteiger partial charge in [-0.3, -0.25) is 4.79 Å². The molecule has 0 spiro atoms. The molecule has 35 heavy (non-hydrogen) atoms. The maximum atomic E-state index is 11.3. The van der Waals surface area contributed by atoms with Gasteiger partial charge in [-0.15, -0.1) is 0 Å². The lowest BCUT2D eigenvalue weighted by atomic mass is 10.0. The van der Waals surface area contributed by atoms with E-state index >= 15 is 0 Å². The van der Waals surface area contributed by atoms with Crippen molar-refractivity contribution in [2.45, 2.75) is 19.9 Å². The molecule has 5 aromatic rings. The van der Waals surface area contributed by atoms with Crippen molar-refractivity contribution in [1.82, 2.24) is 19.9 Å². The highest BCUT2D eigenvalue weighted by atomic mass is 16.3. The van der Waals surface area contributed by atoms with Crippen LogP contribution in [-0.4, -0.2) is 33.3 Å². The molecule has 3 heterocycles. The van der Waals surface area contributed by atoms with Crippen LogP contribution in [0.15, 0.2) is 71.6 Å². The molecule has 0 saturated carbocycles. The van der Waals surface area contributed by atoms with Crippen molar-refractivity contribution in [2.24, 2.45) is 0 Å². The number of hydrogen-bond acceptors (Lipinski definition) is 8. The maximum Gasteiger partial charge on any atom is 0.222 e. The van der Waals surface area contributed by atoms with Gasteiger partial charge in [0.2, 0.25) is 5.95 Å². The minimum absolute atomic E-state index is 0.00683. The number of anilines is 2. The predicted octanol–water partition coefficient (Wildman–Crippen LogP) is 5.68. The van der Waals surface area contributed by atoms with Crippen molar-refractivity contribution in [3.63, 3.8) is 0 Å². The van der Waals surface area contributed by atoms with Crippen molar-refractivity contribution in [3.8, 4) is 22.4 Å². The Labute approximate surface area is 202 Å². The van der Waals surface area contributed by atoms with Crippen molar-refractivity contribution >= 4 is 29.0 Å². The van der Waals surface area contributed by atoms with E-state index < -0.39 is 0 Å². The van der Waals surface area contributed by atoms with Crippen LogP contribution in [0.25, 0.3) is 33.4 Å². The highest BCUT2D eigenvalue weighted by molar-refractivity contribution is 5.97. The summed E-state index contributed by atoms with van der Waals surface area (Å²) >= 11 is 0. The summed E-state index contributed by atoms with van der Waals surface area (Å²) < 4.78 is 5.45. The molecule has 8 heteroatoms. The lowest BCUT2D eigenvalue weighted by Crippen LogP contribution is -2.09. The summed E-state index contributed by atoms with van der Waals surface area (Å²) in [7, 11) is 1.79. The second-order valence-corrected chi connectivity index (χ2v) is 8.24. The van der Waals surface area contributed by atoms with Gasteiger partial charge in [0.25, 0.3) is 0 Å². The van der Waals surface area contributed by atoms with Gasteiger partial charge in [0.15, 0.2) is 6.29 Å². The lowest BCUT2D eigenvalue weighted by molar-refractivity contribution is 0.112. The Bertz CT molecular complexity index is 1510. The maximum absolute atomic E-state index is 11.3. The summed E-state index contributed by atoms with van der Waals surface area (Å²) in [5.74, 6) is 1.95. The number of aromatic nitrogens is 4. The number of carbonyl (C=O) groups is 1. The smallest absolute Gasteiger partial charge is 0.222 e. The molecule has 0 radical (unpaired) electrons. The molecule has 0 aliphatic carbocycles. The molecule has 5 rings (SSSR count). The van der Waals surface area contributed by atoms with Crippen molar-refractivity contribution in [2.75, 3.05) is 17.7 Å². The standard InChI is InChI=1S/C27H24N6O2/c1-16(18-5-4-6-19(9-18)21-12-29-27(28-3)30-13-21)31-26-11-24(32-17(2)33-26)20-7-8-25-23(10-20)22(14-34)15-35-25/h4-16H,1-3H3,(H,28,29,30)(H,31,32,33)/t16-/m0/s1. The minimum atomic E-state index is -0.00683. The van der Waals surface area contributed by atoms with E-state index in [1.807, 2.05) is 55.7 Å². The Balaban J connectivity index is 1.41. The zero-order valence-electron chi connectivity index (χ0n) is 19.6. The molecule has 0 bridgehead atoms. The molecule has 3 aromatic heterocycles. The molecular weight excluding hydrogens is 440 g/mol. The Morgan fingerprint density at radius 1 is 0.971 bits per heavy atom. The number of aldehydes is 1. The van der Waals surface area contributed by atoms with E-state index in [0.29, 0.717) is 22.9 Å². The van der Waals surface area contributed by atoms with Crippen LogP contribution in [0, 0.1) is 6.92 Å². The van der Waals surface area contributed by atoms with Crippen LogP contribution in [0.5, 0.6) is 0 Å². The molecule has 174 valence electrons. The Kier molecular flexibility index (Phi) is 5.93. The molecular formula is C27H24N6O2. The Hall–Kier alpha value is -4.59. The zero-order chi connectivity index (χ0) is 24.4. The zero-order valence-corrected chi connectivity index (χ0v) is 19.6. The molecule has 0 aliphatic heterocycles. The number of furan rings is 1. The quantitative estimate of drug-likeness (QED) is 0.296. The first-order valence-corrected chi connectivity index (χ1v) is 11.2. The number of fused-ring (bicyclic) bond motifs is 1. The van der Waals surface area contributed by atoms with Crippen LogP contribution < -0.4 is 10.6 Å². The third kappa shape index (κ3) is 4.59. The van der Waals surface area contributed by atoms with Crippen molar-refractivity contribution < 1.29 is 9.21 Å². The van der Waals surface area contributed by atoms with Crippen LogP contribution >= 0.6 is 0 Å². The van der Waals surface area contributed by atoms with Crippen molar-refractivity contribution in [1.29, 1.82) is 0 Å². The first-order valence-electron chi connectivity index (χ1n) is 11.2. The van der Waals surface area contributed by atoms with Crippen molar-refractivity contribution in [3.05, 3.63) is 84.1 Å². The Morgan fingerprint density at radius 3 is 2.57 bits per heavy atom. The third-order valence-electron chi connectivity index (χ3n) is 5.82. The van der Waals surface area contributed by atoms with Gasteiger partial charge in [0.05, 0.1) is 11.3 Å². The van der Waals surface area contributed by atoms with Crippen LogP contribution in [0.1, 0.15) is 34.7 Å². The van der Waals surface area contributed by atoms with Gasteiger partial charge in [-0.1, -0.05) is 18.2 Å². The first kappa shape index (κ1) is 22.2. The summed E-state index contributed by atoms with van der Waals surface area (Å²) in [6, 6.07) is 15.9. The SMILES string of the molecule is CNc1ncc(-c2cccc([C@H](C)Nc3cc(-c4ccc5occ(C=O)c5c4)nc(C)n3)c2)cn1. The summed E-state index contributed by atoms with van der Waals surface area (Å²) in [5.41, 5.74) is 5.93. The average molecular weight is 465 g/mol. The second-order valence-electron chi connectivity index (χ2n) is 8.24. The number of rotatable bonds is 7. The molecule has 0 unspecified atom stereocenters. The number of carbonyl (C=O) groups excluding carboxylic acids is 1. The van der Waals surface area contributed by atoms with Gasteiger partial charge in [-0.25, -0.2) is 19.9 Å². The molecule has 0 saturated heterocycles. The molecule has 1 atom stereocenters. The van der Waals surface area contributed by atoms with E-state index in [9.17, 15) is 4.79 Å². The largest absolute Gasteiger partial charge is 0.464 e. The second kappa shape index (κ2) is 9.34. The number of nitrogens with one attached hydrogen (secondary N) is 2. The topological polar surface area (TPSA) is 106 Å². The van der Waals surface area contributed by atoms with Crippen LogP contribution in [0.4, 0.5) is 11.8 Å². The van der Waals surface area contributed by atoms with E-state index in [2.05, 4.69) is 49.6 Å². The monoisotopic (exact) mass is 464 g/mol. The van der Waals surface area contributed by atoms with Crippen LogP contribution in [-0.2, 0) is 0 Å². The van der Waals surface area contributed by atoms with E-state index in [0.717, 1.165) is 45.4 Å². The van der Waals surface area contributed by atoms with Gasteiger partial charge >= 0.3 is 0 Å². The predicted molar refractivity (Wildman–Crippen MR) is 136 cm³/mol. The van der Waals surface area contributed by atoms with Gasteiger partial charge in [0.1, 0.15) is 23.5 Å². The highest BCUT2D eigenvalue weighted by Crippen LogP contribution is 2.29. The molecule has 0 fully saturated rings. The van der Waals surface area contributed by atoms with Gasteiger partial charge in [0, 0.05) is 48.1 Å². The van der Waals surface area contributed by atoms with Crippen LogP contribution in [0.3, 0.4) is 0 Å². The third-order valence-corrected chi connectivity index (χ3v) is 5.82. The van der Waals surface area contributed by atoms with Gasteiger partial charge < -0.3 is 15.1 Å². The fraction of sp³-hybridized carbons (Fsp3) is 0.148. The fourth-order valence-corrected chi connectivity index (χ4v) is 3.99. The summed E-state index contributed by atoms with van der Waals surface area (Å²) in [4.78, 5) is 29.1. The summed E-state index contributed by atoms with van der Waals surface area (Å²) in [6.07, 6.45) is 5.88. The first-order chi connectivity index (χ1) is 17.0. The normalized spacial score (nSPS) is 11.9. The number of benzene rings is 2. The highest BCUT2D eigenvalue weighted by Gasteiger charge is 2.12. The number of hydrogen-bond donors (Lipinski definition) is 2. The van der Waals surface area contributed by atoms with E-state index in [1.54, 1.807) is 7.05 Å². The van der Waals surface area contributed by atoms with E-state index in [4.69, 9.17) is 4.42 Å². The number of nitrogens with zero attached hydrogens (tertiary/aromatic N) is 4. The van der Waals surface area contributed by atoms with Crippen LogP contribution in [0.2, 0.25) is 0 Å². The average Bonchev–Trinajstić information content (AvgIpc) is 3.31. The fourth-order valence-electron chi connectivity index (χ4n) is 3.99. The molecule has 2 N–H and O–H groups in total. The molecule has 2 aromatic carbocycles. The molecule has 8 nitrogen and oxygen atoms in total. The van der Waals surface area contributed by atoms with Gasteiger partial charge in [-0.2, -0.15) is 0 Å².